The number of hydrogen-bond donors (Lipinski definition) is 1. The predicted molar refractivity (Wildman–Crippen MR) is 100 cm³/mol. The molecule has 1 amide bonds. The van der Waals surface area contributed by atoms with Gasteiger partial charge in [0.1, 0.15) is 5.15 Å². The molecular formula is C20H16ClN3O. The van der Waals surface area contributed by atoms with E-state index in [2.05, 4.69) is 10.4 Å². The molecule has 1 aliphatic rings. The van der Waals surface area contributed by atoms with Crippen molar-refractivity contribution < 1.29 is 4.79 Å². The van der Waals surface area contributed by atoms with E-state index in [0.717, 1.165) is 28.1 Å². The highest BCUT2D eigenvalue weighted by atomic mass is 35.5. The van der Waals surface area contributed by atoms with Crippen LogP contribution in [0.1, 0.15) is 22.4 Å². The SMILES string of the molecule is Cc1nn(Cc2ccccc2)c(Cl)c1/C=C1/C(=O)Nc2ccccc21. The zero-order valence-corrected chi connectivity index (χ0v) is 14.4. The second kappa shape index (κ2) is 6.22. The van der Waals surface area contributed by atoms with Crippen molar-refractivity contribution in [2.45, 2.75) is 13.5 Å². The molecule has 25 heavy (non-hydrogen) atoms. The van der Waals surface area contributed by atoms with Crippen molar-refractivity contribution in [3.05, 3.63) is 82.1 Å². The van der Waals surface area contributed by atoms with Crippen LogP contribution in [0, 0.1) is 6.92 Å². The lowest BCUT2D eigenvalue weighted by Crippen LogP contribution is -2.03. The van der Waals surface area contributed by atoms with Crippen LogP contribution in [0.4, 0.5) is 5.69 Å². The molecule has 0 aliphatic carbocycles. The van der Waals surface area contributed by atoms with Crippen molar-refractivity contribution in [1.29, 1.82) is 0 Å². The summed E-state index contributed by atoms with van der Waals surface area (Å²) < 4.78 is 1.76. The molecule has 4 rings (SSSR count). The fraction of sp³-hybridized carbons (Fsp3) is 0.100. The maximum atomic E-state index is 12.3. The number of benzene rings is 2. The first-order valence-electron chi connectivity index (χ1n) is 8.03. The molecule has 4 nitrogen and oxygen atoms in total. The summed E-state index contributed by atoms with van der Waals surface area (Å²) >= 11 is 6.56. The highest BCUT2D eigenvalue weighted by Gasteiger charge is 2.24. The summed E-state index contributed by atoms with van der Waals surface area (Å²) in [7, 11) is 0. The minimum absolute atomic E-state index is 0.118. The van der Waals surface area contributed by atoms with Crippen molar-refractivity contribution in [3.63, 3.8) is 0 Å². The average molecular weight is 350 g/mol. The van der Waals surface area contributed by atoms with Gasteiger partial charge in [0, 0.05) is 22.4 Å². The fourth-order valence-electron chi connectivity index (χ4n) is 3.02. The maximum absolute atomic E-state index is 12.3. The van der Waals surface area contributed by atoms with Crippen LogP contribution in [0.3, 0.4) is 0 Å². The lowest BCUT2D eigenvalue weighted by atomic mass is 10.0. The second-order valence-electron chi connectivity index (χ2n) is 5.99. The predicted octanol–water partition coefficient (Wildman–Crippen LogP) is 4.39. The molecule has 2 aromatic carbocycles. The number of halogens is 1. The van der Waals surface area contributed by atoms with Crippen LogP contribution in [-0.4, -0.2) is 15.7 Å². The second-order valence-corrected chi connectivity index (χ2v) is 6.35. The molecule has 0 spiro atoms. The first-order valence-corrected chi connectivity index (χ1v) is 8.40. The first-order chi connectivity index (χ1) is 12.1. The Morgan fingerprint density at radius 1 is 1.12 bits per heavy atom. The largest absolute Gasteiger partial charge is 0.321 e. The molecular weight excluding hydrogens is 334 g/mol. The van der Waals surface area contributed by atoms with Crippen molar-refractivity contribution in [1.82, 2.24) is 9.78 Å². The number of anilines is 1. The Morgan fingerprint density at radius 2 is 1.84 bits per heavy atom. The molecule has 0 radical (unpaired) electrons. The van der Waals surface area contributed by atoms with Crippen LogP contribution in [0.5, 0.6) is 0 Å². The molecule has 3 aromatic rings. The maximum Gasteiger partial charge on any atom is 0.256 e. The summed E-state index contributed by atoms with van der Waals surface area (Å²) in [6, 6.07) is 17.7. The lowest BCUT2D eigenvalue weighted by Gasteiger charge is -2.03. The standard InChI is InChI=1S/C20H16ClN3O/c1-13-16(11-17-15-9-5-6-10-18(15)22-20(17)25)19(21)24(23-13)12-14-7-3-2-4-8-14/h2-11H,12H2,1H3,(H,22,25)/b17-11+. The number of nitrogens with one attached hydrogen (secondary N) is 1. The molecule has 1 aliphatic heterocycles. The van der Waals surface area contributed by atoms with Crippen LogP contribution in [0.25, 0.3) is 11.6 Å². The number of aromatic nitrogens is 2. The molecule has 0 saturated heterocycles. The lowest BCUT2D eigenvalue weighted by molar-refractivity contribution is -0.110. The Hall–Kier alpha value is -2.85. The number of para-hydroxylation sites is 1. The molecule has 0 atom stereocenters. The normalized spacial score (nSPS) is 14.6. The van der Waals surface area contributed by atoms with Gasteiger partial charge in [-0.1, -0.05) is 60.1 Å². The quantitative estimate of drug-likeness (QED) is 0.713. The van der Waals surface area contributed by atoms with E-state index in [-0.39, 0.29) is 5.91 Å². The highest BCUT2D eigenvalue weighted by Crippen LogP contribution is 2.34. The Labute approximate surface area is 150 Å². The number of hydrogen-bond acceptors (Lipinski definition) is 2. The summed E-state index contributed by atoms with van der Waals surface area (Å²) in [6.07, 6.45) is 1.83. The zero-order valence-electron chi connectivity index (χ0n) is 13.7. The summed E-state index contributed by atoms with van der Waals surface area (Å²) in [5.74, 6) is -0.118. The Bertz CT molecular complexity index is 989. The molecule has 0 fully saturated rings. The molecule has 0 unspecified atom stereocenters. The van der Waals surface area contributed by atoms with Gasteiger partial charge in [0.25, 0.3) is 5.91 Å². The third kappa shape index (κ3) is 2.85. The number of rotatable bonds is 3. The average Bonchev–Trinajstić information content (AvgIpc) is 3.07. The first kappa shape index (κ1) is 15.7. The number of aryl methyl sites for hydroxylation is 1. The summed E-state index contributed by atoms with van der Waals surface area (Å²) in [5.41, 5.74) is 5.02. The van der Waals surface area contributed by atoms with Gasteiger partial charge in [-0.25, -0.2) is 4.68 Å². The molecule has 1 N–H and O–H groups in total. The fourth-order valence-corrected chi connectivity index (χ4v) is 3.31. The van der Waals surface area contributed by atoms with E-state index in [1.54, 1.807) is 4.68 Å². The van der Waals surface area contributed by atoms with E-state index in [9.17, 15) is 4.79 Å². The van der Waals surface area contributed by atoms with Gasteiger partial charge in [-0.05, 0) is 24.6 Å². The smallest absolute Gasteiger partial charge is 0.256 e. The molecule has 5 heteroatoms. The van der Waals surface area contributed by atoms with Crippen LogP contribution < -0.4 is 5.32 Å². The van der Waals surface area contributed by atoms with E-state index in [1.807, 2.05) is 67.6 Å². The van der Waals surface area contributed by atoms with Gasteiger partial charge in [0.15, 0.2) is 0 Å². The molecule has 0 bridgehead atoms. The summed E-state index contributed by atoms with van der Waals surface area (Å²) in [5, 5.41) is 7.95. The van der Waals surface area contributed by atoms with Crippen LogP contribution in [-0.2, 0) is 11.3 Å². The van der Waals surface area contributed by atoms with Crippen LogP contribution in [0.15, 0.2) is 54.6 Å². The minimum atomic E-state index is -0.118. The van der Waals surface area contributed by atoms with Crippen molar-refractivity contribution in [2.24, 2.45) is 0 Å². The zero-order chi connectivity index (χ0) is 17.4. The van der Waals surface area contributed by atoms with Crippen molar-refractivity contribution in [2.75, 3.05) is 5.32 Å². The van der Waals surface area contributed by atoms with Crippen LogP contribution >= 0.6 is 11.6 Å². The van der Waals surface area contributed by atoms with Gasteiger partial charge in [-0.3, -0.25) is 4.79 Å². The van der Waals surface area contributed by atoms with E-state index < -0.39 is 0 Å². The van der Waals surface area contributed by atoms with Gasteiger partial charge in [-0.15, -0.1) is 0 Å². The van der Waals surface area contributed by atoms with E-state index >= 15 is 0 Å². The number of carbonyl (C=O) groups excluding carboxylic acids is 1. The van der Waals surface area contributed by atoms with Crippen molar-refractivity contribution in [3.8, 4) is 0 Å². The Balaban J connectivity index is 1.74. The Kier molecular flexibility index (Phi) is 3.90. The van der Waals surface area contributed by atoms with Gasteiger partial charge in [-0.2, -0.15) is 5.10 Å². The number of fused-ring (bicyclic) bond motifs is 1. The van der Waals surface area contributed by atoms with E-state index in [4.69, 9.17) is 11.6 Å². The van der Waals surface area contributed by atoms with Crippen LogP contribution in [0.2, 0.25) is 5.15 Å². The molecule has 1 aromatic heterocycles. The monoisotopic (exact) mass is 349 g/mol. The molecule has 0 saturated carbocycles. The summed E-state index contributed by atoms with van der Waals surface area (Å²) in [6.45, 7) is 2.49. The van der Waals surface area contributed by atoms with E-state index in [0.29, 0.717) is 17.3 Å². The summed E-state index contributed by atoms with van der Waals surface area (Å²) in [4.78, 5) is 12.3. The van der Waals surface area contributed by atoms with Gasteiger partial charge >= 0.3 is 0 Å². The molecule has 2 heterocycles. The third-order valence-corrected chi connectivity index (χ3v) is 4.68. The van der Waals surface area contributed by atoms with Gasteiger partial charge in [0.05, 0.1) is 12.2 Å². The van der Waals surface area contributed by atoms with E-state index in [1.165, 1.54) is 0 Å². The molecule has 124 valence electrons. The van der Waals surface area contributed by atoms with Gasteiger partial charge < -0.3 is 5.32 Å². The third-order valence-electron chi connectivity index (χ3n) is 4.28. The number of amides is 1. The number of nitrogens with zero attached hydrogens (tertiary/aromatic N) is 2. The minimum Gasteiger partial charge on any atom is -0.321 e. The van der Waals surface area contributed by atoms with Gasteiger partial charge in [0.2, 0.25) is 0 Å². The van der Waals surface area contributed by atoms with Crippen molar-refractivity contribution >= 4 is 34.8 Å². The number of carbonyl (C=O) groups is 1. The Morgan fingerprint density at radius 3 is 2.64 bits per heavy atom. The topological polar surface area (TPSA) is 46.9 Å². The highest BCUT2D eigenvalue weighted by molar-refractivity contribution is 6.36.